The molecule has 1 aromatic carbocycles. The standard InChI is InChI=1S/C13H9F3N2O3/c1-7-17-6-10(11(18-7)12(19)20)21-9-4-2-3-8(5-9)13(14,15)16/h2-6H,1H3,(H,19,20). The largest absolute Gasteiger partial charge is 0.476 e. The van der Waals surface area contributed by atoms with Gasteiger partial charge in [-0.2, -0.15) is 13.2 Å². The Hall–Kier alpha value is -2.64. The number of nitrogens with zero attached hydrogens (tertiary/aromatic N) is 2. The van der Waals surface area contributed by atoms with Crippen LogP contribution in [0.15, 0.2) is 30.5 Å². The van der Waals surface area contributed by atoms with Crippen molar-refractivity contribution in [2.75, 3.05) is 0 Å². The van der Waals surface area contributed by atoms with Gasteiger partial charge in [-0.25, -0.2) is 14.8 Å². The van der Waals surface area contributed by atoms with Crippen LogP contribution in [-0.2, 0) is 6.18 Å². The zero-order chi connectivity index (χ0) is 15.6. The van der Waals surface area contributed by atoms with Gasteiger partial charge in [-0.15, -0.1) is 0 Å². The fraction of sp³-hybridized carbons (Fsp3) is 0.154. The maximum atomic E-state index is 12.6. The molecule has 2 rings (SSSR count). The van der Waals surface area contributed by atoms with E-state index in [0.717, 1.165) is 24.4 Å². The summed E-state index contributed by atoms with van der Waals surface area (Å²) in [7, 11) is 0. The summed E-state index contributed by atoms with van der Waals surface area (Å²) in [5.74, 6) is -1.53. The second-order valence-corrected chi connectivity index (χ2v) is 4.06. The Bertz CT molecular complexity index is 687. The Kier molecular flexibility index (Phi) is 3.79. The van der Waals surface area contributed by atoms with Gasteiger partial charge in [0.2, 0.25) is 0 Å². The number of carboxylic acids is 1. The third-order valence-corrected chi connectivity index (χ3v) is 2.47. The van der Waals surface area contributed by atoms with Crippen molar-refractivity contribution in [3.05, 3.63) is 47.5 Å². The van der Waals surface area contributed by atoms with Crippen LogP contribution in [0, 0.1) is 6.92 Å². The van der Waals surface area contributed by atoms with Crippen LogP contribution in [0.25, 0.3) is 0 Å². The number of alkyl halides is 3. The highest BCUT2D eigenvalue weighted by Crippen LogP contribution is 2.33. The highest BCUT2D eigenvalue weighted by molar-refractivity contribution is 5.88. The van der Waals surface area contributed by atoms with Crippen LogP contribution >= 0.6 is 0 Å². The van der Waals surface area contributed by atoms with Gasteiger partial charge in [0.15, 0.2) is 11.4 Å². The first-order chi connectivity index (χ1) is 9.77. The van der Waals surface area contributed by atoms with Crippen molar-refractivity contribution in [2.45, 2.75) is 13.1 Å². The molecule has 0 aliphatic rings. The number of halogens is 3. The minimum absolute atomic E-state index is 0.153. The van der Waals surface area contributed by atoms with E-state index >= 15 is 0 Å². The van der Waals surface area contributed by atoms with Crippen LogP contribution < -0.4 is 4.74 Å². The molecule has 0 spiro atoms. The molecule has 110 valence electrons. The SMILES string of the molecule is Cc1ncc(Oc2cccc(C(F)(F)F)c2)c(C(=O)O)n1. The molecule has 0 saturated heterocycles. The molecule has 0 unspecified atom stereocenters. The van der Waals surface area contributed by atoms with Crippen LogP contribution in [-0.4, -0.2) is 21.0 Å². The van der Waals surface area contributed by atoms with Crippen molar-refractivity contribution >= 4 is 5.97 Å². The molecule has 1 heterocycles. The minimum Gasteiger partial charge on any atom is -0.476 e. The van der Waals surface area contributed by atoms with Gasteiger partial charge in [-0.3, -0.25) is 0 Å². The highest BCUT2D eigenvalue weighted by Gasteiger charge is 2.30. The average molecular weight is 298 g/mol. The first-order valence-electron chi connectivity index (χ1n) is 5.69. The molecular formula is C13H9F3N2O3. The Morgan fingerprint density at radius 2 is 2.05 bits per heavy atom. The minimum atomic E-state index is -4.52. The molecule has 1 N–H and O–H groups in total. The van der Waals surface area contributed by atoms with E-state index in [-0.39, 0.29) is 17.3 Å². The number of rotatable bonds is 3. The maximum Gasteiger partial charge on any atom is 0.416 e. The molecule has 0 bridgehead atoms. The molecule has 0 amide bonds. The monoisotopic (exact) mass is 298 g/mol. The van der Waals surface area contributed by atoms with Crippen LogP contribution in [0.2, 0.25) is 0 Å². The van der Waals surface area contributed by atoms with Crippen molar-refractivity contribution < 1.29 is 27.8 Å². The van der Waals surface area contributed by atoms with E-state index in [2.05, 4.69) is 9.97 Å². The van der Waals surface area contributed by atoms with Crippen molar-refractivity contribution in [3.63, 3.8) is 0 Å². The number of aromatic nitrogens is 2. The first-order valence-corrected chi connectivity index (χ1v) is 5.69. The summed E-state index contributed by atoms with van der Waals surface area (Å²) < 4.78 is 42.9. The third kappa shape index (κ3) is 3.47. The predicted molar refractivity (Wildman–Crippen MR) is 65.2 cm³/mol. The average Bonchev–Trinajstić information content (AvgIpc) is 2.40. The highest BCUT2D eigenvalue weighted by atomic mass is 19.4. The van der Waals surface area contributed by atoms with Crippen LogP contribution in [0.5, 0.6) is 11.5 Å². The lowest BCUT2D eigenvalue weighted by atomic mass is 10.2. The molecule has 0 radical (unpaired) electrons. The van der Waals surface area contributed by atoms with Gasteiger partial charge >= 0.3 is 12.1 Å². The Morgan fingerprint density at radius 1 is 1.33 bits per heavy atom. The molecule has 2 aromatic rings. The lowest BCUT2D eigenvalue weighted by molar-refractivity contribution is -0.137. The molecule has 8 heteroatoms. The Balaban J connectivity index is 2.37. The quantitative estimate of drug-likeness (QED) is 0.941. The fourth-order valence-electron chi connectivity index (χ4n) is 1.55. The second kappa shape index (κ2) is 5.39. The number of hydrogen-bond donors (Lipinski definition) is 1. The van der Waals surface area contributed by atoms with E-state index in [1.165, 1.54) is 13.0 Å². The molecule has 0 saturated carbocycles. The van der Waals surface area contributed by atoms with E-state index in [4.69, 9.17) is 9.84 Å². The fourth-order valence-corrected chi connectivity index (χ4v) is 1.55. The number of carbonyl (C=O) groups is 1. The number of benzene rings is 1. The number of ether oxygens (including phenoxy) is 1. The van der Waals surface area contributed by atoms with Crippen molar-refractivity contribution in [3.8, 4) is 11.5 Å². The Labute approximate surface area is 117 Å². The molecule has 5 nitrogen and oxygen atoms in total. The molecule has 0 aliphatic heterocycles. The molecule has 1 aromatic heterocycles. The zero-order valence-corrected chi connectivity index (χ0v) is 10.7. The summed E-state index contributed by atoms with van der Waals surface area (Å²) in [5.41, 5.74) is -1.31. The summed E-state index contributed by atoms with van der Waals surface area (Å²) in [6, 6.07) is 4.09. The van der Waals surface area contributed by atoms with Gasteiger partial charge in [0.25, 0.3) is 0 Å². The number of hydrogen-bond acceptors (Lipinski definition) is 4. The van der Waals surface area contributed by atoms with Crippen LogP contribution in [0.3, 0.4) is 0 Å². The van der Waals surface area contributed by atoms with Gasteiger partial charge in [0, 0.05) is 0 Å². The van der Waals surface area contributed by atoms with Crippen LogP contribution in [0.1, 0.15) is 21.9 Å². The van der Waals surface area contributed by atoms with Crippen molar-refractivity contribution in [1.29, 1.82) is 0 Å². The molecule has 21 heavy (non-hydrogen) atoms. The normalized spacial score (nSPS) is 11.2. The van der Waals surface area contributed by atoms with Gasteiger partial charge in [-0.05, 0) is 25.1 Å². The topological polar surface area (TPSA) is 72.3 Å². The number of carboxylic acid groups (broad SMARTS) is 1. The van der Waals surface area contributed by atoms with Crippen molar-refractivity contribution in [1.82, 2.24) is 9.97 Å². The van der Waals surface area contributed by atoms with Crippen LogP contribution in [0.4, 0.5) is 13.2 Å². The summed E-state index contributed by atoms with van der Waals surface area (Å²) in [6.07, 6.45) is -3.41. The van der Waals surface area contributed by atoms with E-state index in [9.17, 15) is 18.0 Å². The van der Waals surface area contributed by atoms with E-state index in [0.29, 0.717) is 0 Å². The summed E-state index contributed by atoms with van der Waals surface area (Å²) in [5, 5.41) is 9.00. The maximum absolute atomic E-state index is 12.6. The summed E-state index contributed by atoms with van der Waals surface area (Å²) >= 11 is 0. The Morgan fingerprint density at radius 3 is 2.67 bits per heavy atom. The van der Waals surface area contributed by atoms with Crippen molar-refractivity contribution in [2.24, 2.45) is 0 Å². The number of aryl methyl sites for hydroxylation is 1. The number of aromatic carboxylic acids is 1. The molecular weight excluding hydrogens is 289 g/mol. The molecule has 0 fully saturated rings. The van der Waals surface area contributed by atoms with Gasteiger partial charge in [0.05, 0.1) is 11.8 Å². The second-order valence-electron chi connectivity index (χ2n) is 4.06. The third-order valence-electron chi connectivity index (χ3n) is 2.47. The van der Waals surface area contributed by atoms with Gasteiger partial charge in [-0.1, -0.05) is 6.07 Å². The van der Waals surface area contributed by atoms with Gasteiger partial charge in [0.1, 0.15) is 11.6 Å². The van der Waals surface area contributed by atoms with E-state index in [1.54, 1.807) is 0 Å². The summed E-state index contributed by atoms with van der Waals surface area (Å²) in [6.45, 7) is 1.49. The summed E-state index contributed by atoms with van der Waals surface area (Å²) in [4.78, 5) is 18.5. The predicted octanol–water partition coefficient (Wildman–Crippen LogP) is 3.29. The van der Waals surface area contributed by atoms with Gasteiger partial charge < -0.3 is 9.84 Å². The zero-order valence-electron chi connectivity index (χ0n) is 10.7. The first kappa shape index (κ1) is 14.8. The molecule has 0 aliphatic carbocycles. The lowest BCUT2D eigenvalue weighted by Crippen LogP contribution is -2.07. The van der Waals surface area contributed by atoms with E-state index in [1.807, 2.05) is 0 Å². The lowest BCUT2D eigenvalue weighted by Gasteiger charge is -2.11. The van der Waals surface area contributed by atoms with E-state index < -0.39 is 23.4 Å². The smallest absolute Gasteiger partial charge is 0.416 e. The molecule has 0 atom stereocenters.